The van der Waals surface area contributed by atoms with Crippen molar-refractivity contribution in [3.05, 3.63) is 0 Å². The second kappa shape index (κ2) is 8.97. The number of hydrogen-bond acceptors (Lipinski definition) is 4. The van der Waals surface area contributed by atoms with Crippen LogP contribution in [0.15, 0.2) is 0 Å². The van der Waals surface area contributed by atoms with Crippen molar-refractivity contribution in [2.45, 2.75) is 39.7 Å². The van der Waals surface area contributed by atoms with Crippen LogP contribution in [0.4, 0.5) is 0 Å². The Morgan fingerprint density at radius 2 is 2.00 bits per heavy atom. The van der Waals surface area contributed by atoms with E-state index in [-0.39, 0.29) is 12.1 Å². The highest BCUT2D eigenvalue weighted by molar-refractivity contribution is 5.66. The molecule has 84 valence electrons. The van der Waals surface area contributed by atoms with E-state index in [1.165, 1.54) is 6.92 Å². The lowest BCUT2D eigenvalue weighted by atomic mass is 10.3. The highest BCUT2D eigenvalue weighted by atomic mass is 16.7. The summed E-state index contributed by atoms with van der Waals surface area (Å²) in [5, 5.41) is 0. The SMILES string of the molecule is C1COCOC1.CCC(C)OC(C)=O. The zero-order valence-corrected chi connectivity index (χ0v) is 9.25. The van der Waals surface area contributed by atoms with Crippen molar-refractivity contribution in [3.8, 4) is 0 Å². The maximum absolute atomic E-state index is 10.2. The van der Waals surface area contributed by atoms with Crippen molar-refractivity contribution in [1.29, 1.82) is 0 Å². The van der Waals surface area contributed by atoms with E-state index in [4.69, 9.17) is 14.2 Å². The fourth-order valence-corrected chi connectivity index (χ4v) is 0.806. The van der Waals surface area contributed by atoms with Crippen LogP contribution in [-0.2, 0) is 19.0 Å². The average Bonchev–Trinajstić information content (AvgIpc) is 2.20. The van der Waals surface area contributed by atoms with E-state index in [1.54, 1.807) is 0 Å². The van der Waals surface area contributed by atoms with Crippen molar-refractivity contribution >= 4 is 5.97 Å². The summed E-state index contributed by atoms with van der Waals surface area (Å²) in [7, 11) is 0. The number of esters is 1. The first kappa shape index (κ1) is 13.4. The van der Waals surface area contributed by atoms with Crippen molar-refractivity contribution < 1.29 is 19.0 Å². The number of hydrogen-bond donors (Lipinski definition) is 0. The first-order valence-corrected chi connectivity index (χ1v) is 4.99. The van der Waals surface area contributed by atoms with Crippen LogP contribution in [0.2, 0.25) is 0 Å². The summed E-state index contributed by atoms with van der Waals surface area (Å²) >= 11 is 0. The van der Waals surface area contributed by atoms with E-state index in [0.717, 1.165) is 26.1 Å². The van der Waals surface area contributed by atoms with Crippen LogP contribution in [0.1, 0.15) is 33.6 Å². The van der Waals surface area contributed by atoms with Gasteiger partial charge in [-0.3, -0.25) is 4.79 Å². The normalized spacial score (nSPS) is 17.6. The standard InChI is InChI=1S/C6H12O2.C4H8O2/c1-4-5(2)8-6(3)7;1-2-5-4-6-3-1/h5H,4H2,1-3H3;1-4H2. The summed E-state index contributed by atoms with van der Waals surface area (Å²) in [5.74, 6) is -0.195. The lowest BCUT2D eigenvalue weighted by Gasteiger charge is -2.09. The minimum atomic E-state index is -0.195. The third kappa shape index (κ3) is 9.48. The molecule has 1 saturated heterocycles. The smallest absolute Gasteiger partial charge is 0.302 e. The summed E-state index contributed by atoms with van der Waals surface area (Å²) in [6.45, 7) is 7.53. The molecule has 14 heavy (non-hydrogen) atoms. The second-order valence-electron chi connectivity index (χ2n) is 3.12. The molecule has 1 aliphatic rings. The van der Waals surface area contributed by atoms with Gasteiger partial charge in [-0.25, -0.2) is 0 Å². The third-order valence-electron chi connectivity index (χ3n) is 1.69. The van der Waals surface area contributed by atoms with Gasteiger partial charge in [0.1, 0.15) is 6.79 Å². The lowest BCUT2D eigenvalue weighted by molar-refractivity contribution is -0.145. The Morgan fingerprint density at radius 3 is 2.14 bits per heavy atom. The fourth-order valence-electron chi connectivity index (χ4n) is 0.806. The Labute approximate surface area is 85.5 Å². The summed E-state index contributed by atoms with van der Waals surface area (Å²) in [6.07, 6.45) is 2.02. The van der Waals surface area contributed by atoms with Gasteiger partial charge >= 0.3 is 5.97 Å². The number of carbonyl (C=O) groups is 1. The molecule has 1 unspecified atom stereocenters. The number of carbonyl (C=O) groups excluding carboxylic acids is 1. The zero-order chi connectivity index (χ0) is 10.8. The van der Waals surface area contributed by atoms with Crippen molar-refractivity contribution in [2.24, 2.45) is 0 Å². The molecule has 4 nitrogen and oxygen atoms in total. The van der Waals surface area contributed by atoms with E-state index in [2.05, 4.69) is 0 Å². The Morgan fingerprint density at radius 1 is 1.43 bits per heavy atom. The molecule has 1 atom stereocenters. The van der Waals surface area contributed by atoms with Crippen LogP contribution < -0.4 is 0 Å². The summed E-state index contributed by atoms with van der Waals surface area (Å²) in [4.78, 5) is 10.2. The molecule has 4 heteroatoms. The monoisotopic (exact) mass is 204 g/mol. The van der Waals surface area contributed by atoms with Crippen LogP contribution in [0, 0.1) is 0 Å². The molecule has 1 aliphatic heterocycles. The molecule has 0 aromatic carbocycles. The molecule has 1 heterocycles. The molecular formula is C10H20O4. The van der Waals surface area contributed by atoms with E-state index in [1.807, 2.05) is 13.8 Å². The second-order valence-corrected chi connectivity index (χ2v) is 3.12. The van der Waals surface area contributed by atoms with E-state index in [9.17, 15) is 4.79 Å². The predicted molar refractivity (Wildman–Crippen MR) is 52.9 cm³/mol. The van der Waals surface area contributed by atoms with Crippen molar-refractivity contribution in [2.75, 3.05) is 20.0 Å². The van der Waals surface area contributed by atoms with Gasteiger partial charge in [-0.15, -0.1) is 0 Å². The van der Waals surface area contributed by atoms with Crippen LogP contribution in [0.3, 0.4) is 0 Å². The van der Waals surface area contributed by atoms with Gasteiger partial charge in [0.05, 0.1) is 19.3 Å². The molecule has 0 aliphatic carbocycles. The number of rotatable bonds is 2. The third-order valence-corrected chi connectivity index (χ3v) is 1.69. The Kier molecular flexibility index (Phi) is 8.57. The van der Waals surface area contributed by atoms with Gasteiger partial charge in [-0.05, 0) is 19.8 Å². The van der Waals surface area contributed by atoms with Crippen LogP contribution >= 0.6 is 0 Å². The predicted octanol–water partition coefficient (Wildman–Crippen LogP) is 1.73. The summed E-state index contributed by atoms with van der Waals surface area (Å²) in [5.41, 5.74) is 0. The van der Waals surface area contributed by atoms with Gasteiger partial charge in [0.2, 0.25) is 0 Å². The van der Waals surface area contributed by atoms with E-state index >= 15 is 0 Å². The minimum Gasteiger partial charge on any atom is -0.463 e. The van der Waals surface area contributed by atoms with Crippen LogP contribution in [0.25, 0.3) is 0 Å². The molecule has 0 N–H and O–H groups in total. The van der Waals surface area contributed by atoms with Gasteiger partial charge in [-0.1, -0.05) is 6.92 Å². The van der Waals surface area contributed by atoms with E-state index in [0.29, 0.717) is 6.79 Å². The van der Waals surface area contributed by atoms with Gasteiger partial charge in [-0.2, -0.15) is 0 Å². The molecule has 0 spiro atoms. The number of ether oxygens (including phenoxy) is 3. The van der Waals surface area contributed by atoms with Gasteiger partial charge in [0, 0.05) is 6.92 Å². The zero-order valence-electron chi connectivity index (χ0n) is 9.25. The molecule has 0 aromatic rings. The maximum Gasteiger partial charge on any atom is 0.302 e. The largest absolute Gasteiger partial charge is 0.463 e. The molecule has 1 rings (SSSR count). The first-order chi connectivity index (χ1) is 6.66. The highest BCUT2D eigenvalue weighted by Crippen LogP contribution is 1.94. The lowest BCUT2D eigenvalue weighted by Crippen LogP contribution is -2.11. The van der Waals surface area contributed by atoms with Gasteiger partial charge in [0.15, 0.2) is 0 Å². The topological polar surface area (TPSA) is 44.8 Å². The van der Waals surface area contributed by atoms with Crippen LogP contribution in [-0.4, -0.2) is 32.1 Å². The Bertz CT molecular complexity index is 132. The first-order valence-electron chi connectivity index (χ1n) is 4.99. The molecule has 0 amide bonds. The highest BCUT2D eigenvalue weighted by Gasteiger charge is 1.99. The van der Waals surface area contributed by atoms with Crippen molar-refractivity contribution in [1.82, 2.24) is 0 Å². The molecule has 0 radical (unpaired) electrons. The summed E-state index contributed by atoms with van der Waals surface area (Å²) in [6, 6.07) is 0. The molecule has 0 aromatic heterocycles. The van der Waals surface area contributed by atoms with E-state index < -0.39 is 0 Å². The van der Waals surface area contributed by atoms with Gasteiger partial charge < -0.3 is 14.2 Å². The average molecular weight is 204 g/mol. The Hall–Kier alpha value is -0.610. The fraction of sp³-hybridized carbons (Fsp3) is 0.900. The van der Waals surface area contributed by atoms with Crippen LogP contribution in [0.5, 0.6) is 0 Å². The maximum atomic E-state index is 10.2. The molecular weight excluding hydrogens is 184 g/mol. The molecule has 1 fully saturated rings. The minimum absolute atomic E-state index is 0.0764. The van der Waals surface area contributed by atoms with Crippen molar-refractivity contribution in [3.63, 3.8) is 0 Å². The molecule has 0 saturated carbocycles. The summed E-state index contributed by atoms with van der Waals surface area (Å²) < 4.78 is 14.5. The van der Waals surface area contributed by atoms with Gasteiger partial charge in [0.25, 0.3) is 0 Å². The molecule has 0 bridgehead atoms. The Balaban J connectivity index is 0.000000249. The quantitative estimate of drug-likeness (QED) is 0.642.